The summed E-state index contributed by atoms with van der Waals surface area (Å²) in [4.78, 5) is 35.2. The number of ether oxygens (including phenoxy) is 2. The van der Waals surface area contributed by atoms with Crippen LogP contribution in [0.3, 0.4) is 0 Å². The maximum atomic E-state index is 12.6. The van der Waals surface area contributed by atoms with Crippen molar-refractivity contribution in [1.29, 1.82) is 0 Å². The number of rotatable bonds is 39. The zero-order chi connectivity index (χ0) is 39.3. The molecule has 0 aliphatic heterocycles. The lowest BCUT2D eigenvalue weighted by molar-refractivity contribution is -0.870. The molecule has 0 fully saturated rings. The molecule has 9 nitrogen and oxygen atoms in total. The molecular formula is C43H83NO8P+. The van der Waals surface area contributed by atoms with Crippen molar-refractivity contribution in [2.45, 2.75) is 193 Å². The van der Waals surface area contributed by atoms with E-state index in [0.717, 1.165) is 32.1 Å². The molecule has 0 aliphatic carbocycles. The Morgan fingerprint density at radius 3 is 1.57 bits per heavy atom. The number of quaternary nitrogens is 1. The van der Waals surface area contributed by atoms with Gasteiger partial charge in [0.25, 0.3) is 0 Å². The van der Waals surface area contributed by atoms with Gasteiger partial charge in [0.15, 0.2) is 6.10 Å². The number of nitrogens with zero attached hydrogens (tertiary/aromatic N) is 1. The van der Waals surface area contributed by atoms with E-state index in [0.29, 0.717) is 17.4 Å². The van der Waals surface area contributed by atoms with Gasteiger partial charge in [-0.05, 0) is 32.1 Å². The molecule has 0 aromatic rings. The first-order chi connectivity index (χ1) is 25.5. The number of hydrogen-bond acceptors (Lipinski definition) is 7. The highest BCUT2D eigenvalue weighted by Crippen LogP contribution is 2.43. The minimum atomic E-state index is -4.38. The Bertz CT molecular complexity index is 964. The third kappa shape index (κ3) is 40.0. The lowest BCUT2D eigenvalue weighted by Crippen LogP contribution is -2.37. The second-order valence-corrected chi connectivity index (χ2v) is 17.2. The number of likely N-dealkylation sites (N-methyl/N-ethyl adjacent to an activating group) is 1. The highest BCUT2D eigenvalue weighted by atomic mass is 31.2. The van der Waals surface area contributed by atoms with Crippen LogP contribution in [0.4, 0.5) is 0 Å². The normalized spacial score (nSPS) is 13.8. The quantitative estimate of drug-likeness (QED) is 0.0216. The number of unbranched alkanes of at least 4 members (excludes halogenated alkanes) is 21. The van der Waals surface area contributed by atoms with Gasteiger partial charge in [0.2, 0.25) is 0 Å². The van der Waals surface area contributed by atoms with Crippen LogP contribution in [0.1, 0.15) is 187 Å². The summed E-state index contributed by atoms with van der Waals surface area (Å²) < 4.78 is 34.2. The van der Waals surface area contributed by atoms with Gasteiger partial charge in [-0.15, -0.1) is 0 Å². The fourth-order valence-electron chi connectivity index (χ4n) is 5.83. The van der Waals surface area contributed by atoms with Gasteiger partial charge >= 0.3 is 19.8 Å². The first kappa shape index (κ1) is 51.5. The molecule has 0 saturated carbocycles. The Hall–Kier alpha value is -1.51. The van der Waals surface area contributed by atoms with Crippen LogP contribution in [-0.2, 0) is 32.7 Å². The lowest BCUT2D eigenvalue weighted by Gasteiger charge is -2.24. The first-order valence-corrected chi connectivity index (χ1v) is 23.1. The van der Waals surface area contributed by atoms with Gasteiger partial charge in [-0.25, -0.2) is 4.57 Å². The third-order valence-electron chi connectivity index (χ3n) is 9.25. The van der Waals surface area contributed by atoms with E-state index >= 15 is 0 Å². The number of carbonyl (C=O) groups excluding carboxylic acids is 2. The second kappa shape index (κ2) is 36.1. The molecule has 1 N–H and O–H groups in total. The van der Waals surface area contributed by atoms with Crippen LogP contribution < -0.4 is 0 Å². The van der Waals surface area contributed by atoms with Gasteiger partial charge in [-0.1, -0.05) is 167 Å². The van der Waals surface area contributed by atoms with Gasteiger partial charge in [-0.3, -0.25) is 18.6 Å². The molecule has 0 aromatic carbocycles. The van der Waals surface area contributed by atoms with Gasteiger partial charge in [-0.2, -0.15) is 0 Å². The summed E-state index contributed by atoms with van der Waals surface area (Å²) in [5.41, 5.74) is 0. The minimum absolute atomic E-state index is 0.0244. The Morgan fingerprint density at radius 2 is 1.06 bits per heavy atom. The fraction of sp³-hybridized carbons (Fsp3) is 0.860. The number of esters is 2. The molecule has 0 rings (SSSR count). The van der Waals surface area contributed by atoms with Crippen molar-refractivity contribution in [2.24, 2.45) is 0 Å². The van der Waals surface area contributed by atoms with E-state index in [2.05, 4.69) is 26.0 Å². The van der Waals surface area contributed by atoms with Crippen molar-refractivity contribution in [1.82, 2.24) is 0 Å². The van der Waals surface area contributed by atoms with E-state index in [9.17, 15) is 19.0 Å². The molecule has 0 bridgehead atoms. The summed E-state index contributed by atoms with van der Waals surface area (Å²) >= 11 is 0. The van der Waals surface area contributed by atoms with Crippen molar-refractivity contribution >= 4 is 19.8 Å². The zero-order valence-electron chi connectivity index (χ0n) is 35.0. The van der Waals surface area contributed by atoms with Crippen LogP contribution in [0.2, 0.25) is 0 Å². The highest BCUT2D eigenvalue weighted by molar-refractivity contribution is 7.47. The van der Waals surface area contributed by atoms with Crippen molar-refractivity contribution in [2.75, 3.05) is 47.5 Å². The van der Waals surface area contributed by atoms with Crippen molar-refractivity contribution in [3.8, 4) is 0 Å². The van der Waals surface area contributed by atoms with E-state index < -0.39 is 26.5 Å². The topological polar surface area (TPSA) is 108 Å². The molecule has 0 spiro atoms. The largest absolute Gasteiger partial charge is 0.472 e. The average molecular weight is 773 g/mol. The number of hydrogen-bond donors (Lipinski definition) is 1. The standard InChI is InChI=1S/C43H82NO8P/c1-6-8-10-12-14-16-18-20-21-22-24-25-27-29-31-33-35-42(45)49-39-41(40-51-53(47,48)50-38-37-44(3,4)5)52-43(46)36-34-32-30-28-26-23-19-17-15-13-11-9-7-2/h23,26,30,32,41H,6-22,24-25,27-29,31,33-40H2,1-5H3/p+1/b26-23+,32-30+. The Balaban J connectivity index is 4.40. The van der Waals surface area contributed by atoms with E-state index in [1.165, 1.54) is 122 Å². The van der Waals surface area contributed by atoms with Crippen molar-refractivity contribution < 1.29 is 42.1 Å². The smallest absolute Gasteiger partial charge is 0.462 e. The molecule has 2 unspecified atom stereocenters. The summed E-state index contributed by atoms with van der Waals surface area (Å²) in [6.07, 6.45) is 38.1. The summed E-state index contributed by atoms with van der Waals surface area (Å²) in [6.45, 7) is 4.36. The number of carbonyl (C=O) groups is 2. The van der Waals surface area contributed by atoms with Gasteiger partial charge in [0.05, 0.1) is 27.7 Å². The summed E-state index contributed by atoms with van der Waals surface area (Å²) in [7, 11) is 1.45. The van der Waals surface area contributed by atoms with Crippen LogP contribution in [0, 0.1) is 0 Å². The average Bonchev–Trinajstić information content (AvgIpc) is 3.10. The second-order valence-electron chi connectivity index (χ2n) is 15.7. The Morgan fingerprint density at radius 1 is 0.585 bits per heavy atom. The van der Waals surface area contributed by atoms with Gasteiger partial charge < -0.3 is 18.9 Å². The molecule has 0 radical (unpaired) electrons. The highest BCUT2D eigenvalue weighted by Gasteiger charge is 2.27. The number of phosphoric ester groups is 1. The van der Waals surface area contributed by atoms with E-state index in [4.69, 9.17) is 18.5 Å². The van der Waals surface area contributed by atoms with Crippen LogP contribution >= 0.6 is 7.82 Å². The van der Waals surface area contributed by atoms with E-state index in [1.54, 1.807) is 0 Å². The van der Waals surface area contributed by atoms with Crippen molar-refractivity contribution in [3.05, 3.63) is 24.3 Å². The number of allylic oxidation sites excluding steroid dienone is 4. The third-order valence-corrected chi connectivity index (χ3v) is 10.2. The molecule has 312 valence electrons. The van der Waals surface area contributed by atoms with Crippen LogP contribution in [0.15, 0.2) is 24.3 Å². The molecule has 0 heterocycles. The minimum Gasteiger partial charge on any atom is -0.462 e. The Labute approximate surface area is 326 Å². The predicted molar refractivity (Wildman–Crippen MR) is 220 cm³/mol. The van der Waals surface area contributed by atoms with Gasteiger partial charge in [0.1, 0.15) is 19.8 Å². The SMILES string of the molecule is CCCCCCCC/C=C/C/C=C/CCC(=O)OC(COC(=O)CCCCCCCCCCCCCCCCCC)COP(=O)(O)OCC[N+](C)(C)C. The van der Waals surface area contributed by atoms with Gasteiger partial charge in [0, 0.05) is 12.8 Å². The van der Waals surface area contributed by atoms with E-state index in [-0.39, 0.29) is 32.0 Å². The molecule has 10 heteroatoms. The fourth-order valence-corrected chi connectivity index (χ4v) is 6.57. The monoisotopic (exact) mass is 773 g/mol. The van der Waals surface area contributed by atoms with Crippen LogP contribution in [0.5, 0.6) is 0 Å². The molecule has 2 atom stereocenters. The van der Waals surface area contributed by atoms with E-state index in [1.807, 2.05) is 33.3 Å². The molecule has 53 heavy (non-hydrogen) atoms. The molecule has 0 amide bonds. The van der Waals surface area contributed by atoms with Crippen molar-refractivity contribution in [3.63, 3.8) is 0 Å². The summed E-state index contributed by atoms with van der Waals surface area (Å²) in [6, 6.07) is 0. The molecule has 0 saturated heterocycles. The number of phosphoric acid groups is 1. The first-order valence-electron chi connectivity index (χ1n) is 21.6. The predicted octanol–water partition coefficient (Wildman–Crippen LogP) is 12.0. The maximum absolute atomic E-state index is 12.6. The lowest BCUT2D eigenvalue weighted by atomic mass is 10.0. The molecule has 0 aliphatic rings. The van der Waals surface area contributed by atoms with Crippen LogP contribution in [0.25, 0.3) is 0 Å². The summed E-state index contributed by atoms with van der Waals surface area (Å²) in [5, 5.41) is 0. The molecular weight excluding hydrogens is 689 g/mol. The summed E-state index contributed by atoms with van der Waals surface area (Å²) in [5.74, 6) is -0.871. The Kier molecular flexibility index (Phi) is 35.1. The van der Waals surface area contributed by atoms with Crippen LogP contribution in [-0.4, -0.2) is 74.9 Å². The maximum Gasteiger partial charge on any atom is 0.472 e. The molecule has 0 aromatic heterocycles. The zero-order valence-corrected chi connectivity index (χ0v) is 35.9.